The van der Waals surface area contributed by atoms with Gasteiger partial charge in [-0.3, -0.25) is 14.5 Å². The predicted octanol–water partition coefficient (Wildman–Crippen LogP) is 2.71. The molecule has 0 atom stereocenters. The average Bonchev–Trinajstić information content (AvgIpc) is 2.92. The van der Waals surface area contributed by atoms with E-state index in [-0.39, 0.29) is 24.6 Å². The molecule has 130 valence electrons. The van der Waals surface area contributed by atoms with Gasteiger partial charge in [0.25, 0.3) is 0 Å². The number of alkyl halides is 3. The lowest BCUT2D eigenvalue weighted by molar-refractivity contribution is -0.132. The Labute approximate surface area is 141 Å². The van der Waals surface area contributed by atoms with Gasteiger partial charge in [0.05, 0.1) is 12.8 Å². The Bertz CT molecular complexity index is 807. The summed E-state index contributed by atoms with van der Waals surface area (Å²) in [4.78, 5) is 28.3. The zero-order chi connectivity index (χ0) is 18.0. The van der Waals surface area contributed by atoms with Crippen LogP contribution in [0.25, 0.3) is 0 Å². The number of pyridine rings is 1. The van der Waals surface area contributed by atoms with Crippen molar-refractivity contribution < 1.29 is 22.8 Å². The second-order valence-electron chi connectivity index (χ2n) is 5.68. The van der Waals surface area contributed by atoms with Crippen molar-refractivity contribution in [1.82, 2.24) is 4.98 Å². The molecule has 0 spiro atoms. The molecule has 0 saturated carbocycles. The lowest BCUT2D eigenvalue weighted by Gasteiger charge is -2.23. The largest absolute Gasteiger partial charge is 0.406 e. The van der Waals surface area contributed by atoms with Crippen LogP contribution in [0.3, 0.4) is 0 Å². The molecule has 0 unspecified atom stereocenters. The number of carbonyl (C=O) groups excluding carboxylic acids is 2. The van der Waals surface area contributed by atoms with Crippen molar-refractivity contribution in [2.75, 3.05) is 16.8 Å². The fourth-order valence-electron chi connectivity index (χ4n) is 2.63. The molecule has 3 rings (SSSR count). The molecule has 2 heterocycles. The number of anilines is 2. The van der Waals surface area contributed by atoms with Crippen molar-refractivity contribution in [3.63, 3.8) is 0 Å². The van der Waals surface area contributed by atoms with E-state index in [2.05, 4.69) is 10.3 Å². The van der Waals surface area contributed by atoms with Crippen LogP contribution in [-0.4, -0.2) is 29.5 Å². The minimum absolute atomic E-state index is 0.0562. The van der Waals surface area contributed by atoms with Gasteiger partial charge in [0, 0.05) is 11.9 Å². The monoisotopic (exact) mass is 349 g/mol. The molecular weight excluding hydrogens is 335 g/mol. The molecule has 1 aromatic heterocycles. The van der Waals surface area contributed by atoms with E-state index >= 15 is 0 Å². The summed E-state index contributed by atoms with van der Waals surface area (Å²) in [5.74, 6) is -0.926. The Balaban J connectivity index is 1.81. The van der Waals surface area contributed by atoms with E-state index in [9.17, 15) is 22.8 Å². The molecule has 2 amide bonds. The summed E-state index contributed by atoms with van der Waals surface area (Å²) >= 11 is 0. The molecule has 0 aliphatic carbocycles. The third-order valence-electron chi connectivity index (χ3n) is 3.72. The molecule has 0 fully saturated rings. The number of hydrogen-bond donors (Lipinski definition) is 1. The minimum Gasteiger partial charge on any atom is -0.326 e. The van der Waals surface area contributed by atoms with Crippen molar-refractivity contribution in [2.45, 2.75) is 19.0 Å². The smallest absolute Gasteiger partial charge is 0.326 e. The Kier molecular flexibility index (Phi) is 4.43. The third kappa shape index (κ3) is 4.14. The summed E-state index contributed by atoms with van der Waals surface area (Å²) in [5.41, 5.74) is 1.92. The predicted molar refractivity (Wildman–Crippen MR) is 85.1 cm³/mol. The Morgan fingerprint density at radius 2 is 2.04 bits per heavy atom. The molecule has 8 heteroatoms. The highest BCUT2D eigenvalue weighted by atomic mass is 19.4. The summed E-state index contributed by atoms with van der Waals surface area (Å²) in [7, 11) is 0. The van der Waals surface area contributed by atoms with E-state index in [1.54, 1.807) is 24.3 Å². The van der Waals surface area contributed by atoms with Crippen molar-refractivity contribution in [3.05, 3.63) is 53.7 Å². The van der Waals surface area contributed by atoms with E-state index < -0.39 is 18.6 Å². The van der Waals surface area contributed by atoms with Crippen molar-refractivity contribution in [2.24, 2.45) is 0 Å². The maximum Gasteiger partial charge on any atom is 0.406 e. The van der Waals surface area contributed by atoms with Crippen LogP contribution in [-0.2, 0) is 22.4 Å². The molecule has 0 radical (unpaired) electrons. The van der Waals surface area contributed by atoms with E-state index in [1.165, 1.54) is 18.3 Å². The molecule has 2 aromatic rings. The number of aromatic nitrogens is 1. The van der Waals surface area contributed by atoms with Crippen LogP contribution in [0.1, 0.15) is 11.1 Å². The SMILES string of the molecule is O=C1Cc2ccc(CC(=O)N(CC(F)(F)F)c3ccccn3)cc2N1. The van der Waals surface area contributed by atoms with Gasteiger partial charge in [-0.05, 0) is 29.3 Å². The first-order chi connectivity index (χ1) is 11.8. The van der Waals surface area contributed by atoms with Gasteiger partial charge >= 0.3 is 6.18 Å². The summed E-state index contributed by atoms with van der Waals surface area (Å²) in [5, 5.41) is 2.65. The highest BCUT2D eigenvalue weighted by Crippen LogP contribution is 2.25. The quantitative estimate of drug-likeness (QED) is 0.923. The fraction of sp³-hybridized carbons (Fsp3) is 0.235. The average molecular weight is 349 g/mol. The molecule has 5 nitrogen and oxygen atoms in total. The second-order valence-corrected chi connectivity index (χ2v) is 5.68. The van der Waals surface area contributed by atoms with Crippen LogP contribution in [0, 0.1) is 0 Å². The van der Waals surface area contributed by atoms with E-state index in [4.69, 9.17) is 0 Å². The van der Waals surface area contributed by atoms with Crippen LogP contribution in [0.5, 0.6) is 0 Å². The molecule has 1 aromatic carbocycles. The lowest BCUT2D eigenvalue weighted by Crippen LogP contribution is -2.40. The maximum absolute atomic E-state index is 12.8. The van der Waals surface area contributed by atoms with Crippen LogP contribution < -0.4 is 10.2 Å². The van der Waals surface area contributed by atoms with Crippen LogP contribution >= 0.6 is 0 Å². The molecule has 1 N–H and O–H groups in total. The minimum atomic E-state index is -4.54. The first kappa shape index (κ1) is 16.9. The number of hydrogen-bond acceptors (Lipinski definition) is 3. The number of nitrogens with one attached hydrogen (secondary N) is 1. The van der Waals surface area contributed by atoms with Crippen LogP contribution in [0.15, 0.2) is 42.6 Å². The molecule has 25 heavy (non-hydrogen) atoms. The Hall–Kier alpha value is -2.90. The summed E-state index contributed by atoms with van der Waals surface area (Å²) in [6, 6.07) is 9.38. The van der Waals surface area contributed by atoms with E-state index in [1.807, 2.05) is 0 Å². The number of nitrogens with zero attached hydrogens (tertiary/aromatic N) is 2. The van der Waals surface area contributed by atoms with Crippen molar-refractivity contribution >= 4 is 23.3 Å². The third-order valence-corrected chi connectivity index (χ3v) is 3.72. The summed E-state index contributed by atoms with van der Waals surface area (Å²) in [6.07, 6.45) is -3.18. The molecule has 1 aliphatic rings. The summed E-state index contributed by atoms with van der Waals surface area (Å²) < 4.78 is 38.5. The molecular formula is C17H14F3N3O2. The fourth-order valence-corrected chi connectivity index (χ4v) is 2.63. The van der Waals surface area contributed by atoms with Crippen LogP contribution in [0.2, 0.25) is 0 Å². The Morgan fingerprint density at radius 3 is 2.72 bits per heavy atom. The van der Waals surface area contributed by atoms with E-state index in [0.29, 0.717) is 16.2 Å². The number of carbonyl (C=O) groups is 2. The topological polar surface area (TPSA) is 62.3 Å². The number of halogens is 3. The molecule has 0 bridgehead atoms. The van der Waals surface area contributed by atoms with Gasteiger partial charge in [0.2, 0.25) is 11.8 Å². The zero-order valence-corrected chi connectivity index (χ0v) is 13.0. The maximum atomic E-state index is 12.8. The normalized spacial score (nSPS) is 13.3. The van der Waals surface area contributed by atoms with Crippen molar-refractivity contribution in [3.8, 4) is 0 Å². The second kappa shape index (κ2) is 6.54. The Morgan fingerprint density at radius 1 is 1.24 bits per heavy atom. The zero-order valence-electron chi connectivity index (χ0n) is 13.0. The van der Waals surface area contributed by atoms with Crippen molar-refractivity contribution in [1.29, 1.82) is 0 Å². The molecule has 0 saturated heterocycles. The summed E-state index contributed by atoms with van der Waals surface area (Å²) in [6.45, 7) is -1.41. The van der Waals surface area contributed by atoms with Gasteiger partial charge < -0.3 is 5.32 Å². The van der Waals surface area contributed by atoms with Gasteiger partial charge in [0.15, 0.2) is 0 Å². The van der Waals surface area contributed by atoms with Gasteiger partial charge in [-0.2, -0.15) is 13.2 Å². The molecule has 1 aliphatic heterocycles. The lowest BCUT2D eigenvalue weighted by atomic mass is 10.1. The van der Waals surface area contributed by atoms with E-state index in [0.717, 1.165) is 5.56 Å². The highest BCUT2D eigenvalue weighted by molar-refractivity contribution is 5.99. The van der Waals surface area contributed by atoms with Gasteiger partial charge in [0.1, 0.15) is 12.4 Å². The highest BCUT2D eigenvalue weighted by Gasteiger charge is 2.34. The number of amides is 2. The number of benzene rings is 1. The van der Waals surface area contributed by atoms with Crippen LogP contribution in [0.4, 0.5) is 24.7 Å². The van der Waals surface area contributed by atoms with Gasteiger partial charge in [-0.1, -0.05) is 18.2 Å². The van der Waals surface area contributed by atoms with Gasteiger partial charge in [-0.25, -0.2) is 4.98 Å². The first-order valence-electron chi connectivity index (χ1n) is 7.51. The number of fused-ring (bicyclic) bond motifs is 1. The first-order valence-corrected chi connectivity index (χ1v) is 7.51. The van der Waals surface area contributed by atoms with Gasteiger partial charge in [-0.15, -0.1) is 0 Å². The standard InChI is InChI=1S/C17H14F3N3O2/c18-17(19,20)10-23(14-3-1-2-6-21-14)16(25)8-11-4-5-12-9-15(24)22-13(12)7-11/h1-7H,8-10H2,(H,22,24). The number of rotatable bonds is 4.